The van der Waals surface area contributed by atoms with Crippen LogP contribution in [0, 0.1) is 0 Å². The highest BCUT2D eigenvalue weighted by Crippen LogP contribution is 2.37. The summed E-state index contributed by atoms with van der Waals surface area (Å²) in [6.07, 6.45) is 2.12. The first-order valence-corrected chi connectivity index (χ1v) is 7.70. The average molecular weight is 346 g/mol. The minimum Gasteiger partial charge on any atom is -0.465 e. The largest absolute Gasteiger partial charge is 0.465 e. The normalized spacial score (nSPS) is 16.4. The molecule has 0 fully saturated rings. The molecule has 0 radical (unpaired) electrons. The molecule has 0 heterocycles. The summed E-state index contributed by atoms with van der Waals surface area (Å²) in [5, 5.41) is 3.52. The third-order valence-corrected chi connectivity index (χ3v) is 4.58. The zero-order chi connectivity index (χ0) is 14.8. The summed E-state index contributed by atoms with van der Waals surface area (Å²) in [5.74, 6) is -0.312. The summed E-state index contributed by atoms with van der Waals surface area (Å²) in [7, 11) is 1.40. The molecule has 2 aromatic carbocycles. The molecule has 2 aromatic rings. The van der Waals surface area contributed by atoms with E-state index in [1.165, 1.54) is 22.7 Å². The lowest BCUT2D eigenvalue weighted by atomic mass is 10.1. The van der Waals surface area contributed by atoms with Crippen LogP contribution < -0.4 is 5.32 Å². The van der Waals surface area contributed by atoms with Gasteiger partial charge in [0.05, 0.1) is 18.7 Å². The molecule has 1 aliphatic carbocycles. The van der Waals surface area contributed by atoms with Gasteiger partial charge in [0, 0.05) is 10.2 Å². The van der Waals surface area contributed by atoms with Crippen molar-refractivity contribution in [3.63, 3.8) is 0 Å². The van der Waals surface area contributed by atoms with Gasteiger partial charge in [-0.3, -0.25) is 0 Å². The fourth-order valence-corrected chi connectivity index (χ4v) is 3.39. The maximum Gasteiger partial charge on any atom is 0.337 e. The summed E-state index contributed by atoms with van der Waals surface area (Å²) >= 11 is 3.61. The Morgan fingerprint density at radius 2 is 2.10 bits per heavy atom. The maximum absolute atomic E-state index is 11.6. The number of methoxy groups -OCH3 is 1. The molecule has 1 atom stereocenters. The molecular weight excluding hydrogens is 330 g/mol. The van der Waals surface area contributed by atoms with Gasteiger partial charge < -0.3 is 10.1 Å². The van der Waals surface area contributed by atoms with Crippen molar-refractivity contribution < 1.29 is 9.53 Å². The molecule has 0 saturated heterocycles. The van der Waals surface area contributed by atoms with Crippen LogP contribution in [0.15, 0.2) is 46.9 Å². The summed E-state index contributed by atoms with van der Waals surface area (Å²) in [4.78, 5) is 11.6. The van der Waals surface area contributed by atoms with Crippen molar-refractivity contribution in [1.82, 2.24) is 0 Å². The Morgan fingerprint density at radius 3 is 2.90 bits per heavy atom. The lowest BCUT2D eigenvalue weighted by Gasteiger charge is -2.16. The molecule has 1 aliphatic rings. The summed E-state index contributed by atoms with van der Waals surface area (Å²) in [5.41, 5.74) is 4.21. The number of benzene rings is 2. The molecule has 0 bridgehead atoms. The molecule has 0 saturated carbocycles. The maximum atomic E-state index is 11.6. The predicted molar refractivity (Wildman–Crippen MR) is 86.6 cm³/mol. The standard InChI is InChI=1S/C17H16BrNO2/c1-21-17(20)11-4-2-5-12(10-11)19-16-9-8-13-14(16)6-3-7-15(13)18/h2-7,10,16,19H,8-9H2,1H3. The van der Waals surface area contributed by atoms with Crippen LogP contribution in [0.4, 0.5) is 5.69 Å². The minimum absolute atomic E-state index is 0.283. The van der Waals surface area contributed by atoms with Crippen LogP contribution >= 0.6 is 15.9 Å². The number of hydrogen-bond donors (Lipinski definition) is 1. The Morgan fingerprint density at radius 1 is 1.29 bits per heavy atom. The van der Waals surface area contributed by atoms with Gasteiger partial charge >= 0.3 is 5.97 Å². The highest BCUT2D eigenvalue weighted by atomic mass is 79.9. The van der Waals surface area contributed by atoms with E-state index in [2.05, 4.69) is 39.4 Å². The van der Waals surface area contributed by atoms with Crippen molar-refractivity contribution in [2.75, 3.05) is 12.4 Å². The van der Waals surface area contributed by atoms with E-state index in [0.29, 0.717) is 5.56 Å². The molecule has 108 valence electrons. The summed E-state index contributed by atoms with van der Waals surface area (Å²) < 4.78 is 5.93. The minimum atomic E-state index is -0.312. The van der Waals surface area contributed by atoms with Crippen molar-refractivity contribution in [2.24, 2.45) is 0 Å². The first kappa shape index (κ1) is 14.1. The molecule has 21 heavy (non-hydrogen) atoms. The fraction of sp³-hybridized carbons (Fsp3) is 0.235. The van der Waals surface area contributed by atoms with E-state index in [4.69, 9.17) is 4.74 Å². The smallest absolute Gasteiger partial charge is 0.337 e. The Bertz CT molecular complexity index is 684. The average Bonchev–Trinajstić information content (AvgIpc) is 2.91. The zero-order valence-electron chi connectivity index (χ0n) is 11.7. The number of rotatable bonds is 3. The number of ether oxygens (including phenoxy) is 1. The van der Waals surface area contributed by atoms with Crippen LogP contribution in [0.5, 0.6) is 0 Å². The molecule has 3 rings (SSSR count). The van der Waals surface area contributed by atoms with Gasteiger partial charge in [-0.25, -0.2) is 4.79 Å². The first-order valence-electron chi connectivity index (χ1n) is 6.91. The van der Waals surface area contributed by atoms with E-state index in [1.54, 1.807) is 6.07 Å². The highest BCUT2D eigenvalue weighted by Gasteiger charge is 2.23. The van der Waals surface area contributed by atoms with Crippen LogP contribution in [-0.2, 0) is 11.2 Å². The Hall–Kier alpha value is -1.81. The third-order valence-electron chi connectivity index (χ3n) is 3.84. The van der Waals surface area contributed by atoms with Gasteiger partial charge in [0.2, 0.25) is 0 Å². The van der Waals surface area contributed by atoms with E-state index in [-0.39, 0.29) is 12.0 Å². The molecule has 0 aromatic heterocycles. The Labute approximate surface area is 132 Å². The second-order valence-electron chi connectivity index (χ2n) is 5.12. The molecule has 1 unspecified atom stereocenters. The van der Waals surface area contributed by atoms with Crippen LogP contribution in [-0.4, -0.2) is 13.1 Å². The van der Waals surface area contributed by atoms with Crippen molar-refractivity contribution in [3.8, 4) is 0 Å². The number of halogens is 1. The van der Waals surface area contributed by atoms with Gasteiger partial charge in [0.1, 0.15) is 0 Å². The second-order valence-corrected chi connectivity index (χ2v) is 5.97. The van der Waals surface area contributed by atoms with E-state index < -0.39 is 0 Å². The van der Waals surface area contributed by atoms with Crippen LogP contribution in [0.1, 0.15) is 33.9 Å². The van der Waals surface area contributed by atoms with Crippen molar-refractivity contribution in [2.45, 2.75) is 18.9 Å². The number of anilines is 1. The van der Waals surface area contributed by atoms with E-state index in [1.807, 2.05) is 18.2 Å². The van der Waals surface area contributed by atoms with E-state index in [0.717, 1.165) is 18.5 Å². The molecule has 1 N–H and O–H groups in total. The Kier molecular flexibility index (Phi) is 3.97. The van der Waals surface area contributed by atoms with E-state index in [9.17, 15) is 4.79 Å². The summed E-state index contributed by atoms with van der Waals surface area (Å²) in [6.45, 7) is 0. The van der Waals surface area contributed by atoms with Crippen molar-refractivity contribution >= 4 is 27.6 Å². The van der Waals surface area contributed by atoms with Crippen molar-refractivity contribution in [1.29, 1.82) is 0 Å². The first-order chi connectivity index (χ1) is 10.2. The van der Waals surface area contributed by atoms with Gasteiger partial charge in [-0.15, -0.1) is 0 Å². The quantitative estimate of drug-likeness (QED) is 0.841. The monoisotopic (exact) mass is 345 g/mol. The van der Waals surface area contributed by atoms with Crippen LogP contribution in [0.2, 0.25) is 0 Å². The fourth-order valence-electron chi connectivity index (χ4n) is 2.81. The third kappa shape index (κ3) is 2.81. The number of carbonyl (C=O) groups excluding carboxylic acids is 1. The number of esters is 1. The number of hydrogen-bond acceptors (Lipinski definition) is 3. The summed E-state index contributed by atoms with van der Waals surface area (Å²) in [6, 6.07) is 14.0. The number of fused-ring (bicyclic) bond motifs is 1. The van der Waals surface area contributed by atoms with Gasteiger partial charge in [-0.05, 0) is 48.2 Å². The highest BCUT2D eigenvalue weighted by molar-refractivity contribution is 9.10. The second kappa shape index (κ2) is 5.90. The number of nitrogens with one attached hydrogen (secondary N) is 1. The SMILES string of the molecule is COC(=O)c1cccc(NC2CCc3c(Br)cccc32)c1. The molecule has 0 spiro atoms. The molecule has 3 nitrogen and oxygen atoms in total. The Balaban J connectivity index is 1.83. The van der Waals surface area contributed by atoms with Crippen LogP contribution in [0.3, 0.4) is 0 Å². The lowest BCUT2D eigenvalue weighted by molar-refractivity contribution is 0.0601. The predicted octanol–water partition coefficient (Wildman–Crippen LogP) is 4.34. The molecule has 0 aliphatic heterocycles. The zero-order valence-corrected chi connectivity index (χ0v) is 13.3. The molecule has 4 heteroatoms. The lowest BCUT2D eigenvalue weighted by Crippen LogP contribution is -2.08. The van der Waals surface area contributed by atoms with Gasteiger partial charge in [-0.2, -0.15) is 0 Å². The van der Waals surface area contributed by atoms with Gasteiger partial charge in [0.25, 0.3) is 0 Å². The van der Waals surface area contributed by atoms with Crippen molar-refractivity contribution in [3.05, 3.63) is 63.6 Å². The van der Waals surface area contributed by atoms with Gasteiger partial charge in [0.15, 0.2) is 0 Å². The molecular formula is C17H16BrNO2. The topological polar surface area (TPSA) is 38.3 Å². The van der Waals surface area contributed by atoms with Gasteiger partial charge in [-0.1, -0.05) is 34.1 Å². The number of carbonyl (C=O) groups is 1. The molecule has 0 amide bonds. The van der Waals surface area contributed by atoms with Crippen LogP contribution in [0.25, 0.3) is 0 Å². The van der Waals surface area contributed by atoms with E-state index >= 15 is 0 Å².